The lowest BCUT2D eigenvalue weighted by atomic mass is 10.2. The summed E-state index contributed by atoms with van der Waals surface area (Å²) < 4.78 is 5.63. The third kappa shape index (κ3) is 4.00. The van der Waals surface area contributed by atoms with Gasteiger partial charge in [-0.2, -0.15) is 5.26 Å². The summed E-state index contributed by atoms with van der Waals surface area (Å²) in [5, 5.41) is 18.4. The van der Waals surface area contributed by atoms with Gasteiger partial charge < -0.3 is 14.7 Å². The van der Waals surface area contributed by atoms with Crippen molar-refractivity contribution in [2.75, 3.05) is 32.2 Å². The number of benzene rings is 1. The van der Waals surface area contributed by atoms with Crippen LogP contribution in [0, 0.1) is 11.3 Å². The summed E-state index contributed by atoms with van der Waals surface area (Å²) in [7, 11) is 3.44. The molecule has 1 rings (SSSR count). The number of aliphatic hydroxyl groups is 1. The SMILES string of the molecule is COCC(O)CN(C)c1ccc(C#N)c(Br)c1. The molecule has 0 saturated carbocycles. The second-order valence-corrected chi connectivity index (χ2v) is 4.62. The van der Waals surface area contributed by atoms with Crippen molar-refractivity contribution in [2.24, 2.45) is 0 Å². The molecule has 1 unspecified atom stereocenters. The van der Waals surface area contributed by atoms with E-state index < -0.39 is 6.10 Å². The molecular formula is C12H15BrN2O2. The average molecular weight is 299 g/mol. The van der Waals surface area contributed by atoms with Gasteiger partial charge in [-0.3, -0.25) is 0 Å². The number of aliphatic hydroxyl groups excluding tert-OH is 1. The van der Waals surface area contributed by atoms with E-state index in [1.807, 2.05) is 24.1 Å². The Morgan fingerprint density at radius 3 is 2.82 bits per heavy atom. The molecule has 1 aromatic carbocycles. The molecule has 5 heteroatoms. The summed E-state index contributed by atoms with van der Waals surface area (Å²) in [5.41, 5.74) is 1.53. The summed E-state index contributed by atoms with van der Waals surface area (Å²) in [5.74, 6) is 0. The number of rotatable bonds is 5. The van der Waals surface area contributed by atoms with Gasteiger partial charge in [-0.05, 0) is 34.1 Å². The molecule has 1 atom stereocenters. The van der Waals surface area contributed by atoms with Gasteiger partial charge in [-0.15, -0.1) is 0 Å². The lowest BCUT2D eigenvalue weighted by molar-refractivity contribution is 0.0695. The molecule has 0 spiro atoms. The van der Waals surface area contributed by atoms with Crippen LogP contribution >= 0.6 is 15.9 Å². The summed E-state index contributed by atoms with van der Waals surface area (Å²) in [6, 6.07) is 7.55. The minimum absolute atomic E-state index is 0.307. The van der Waals surface area contributed by atoms with Gasteiger partial charge in [0.2, 0.25) is 0 Å². The van der Waals surface area contributed by atoms with Gasteiger partial charge in [-0.1, -0.05) is 0 Å². The zero-order valence-electron chi connectivity index (χ0n) is 9.85. The summed E-state index contributed by atoms with van der Waals surface area (Å²) >= 11 is 3.34. The Kier molecular flexibility index (Phi) is 5.42. The van der Waals surface area contributed by atoms with Crippen LogP contribution in [0.3, 0.4) is 0 Å². The number of halogens is 1. The van der Waals surface area contributed by atoms with E-state index in [1.54, 1.807) is 13.2 Å². The quantitative estimate of drug-likeness (QED) is 0.900. The van der Waals surface area contributed by atoms with Crippen LogP contribution in [0.25, 0.3) is 0 Å². The smallest absolute Gasteiger partial charge is 0.100 e. The maximum Gasteiger partial charge on any atom is 0.100 e. The molecule has 0 aliphatic heterocycles. The Bertz CT molecular complexity index is 417. The molecule has 0 aliphatic carbocycles. The fourth-order valence-electron chi connectivity index (χ4n) is 1.50. The van der Waals surface area contributed by atoms with Crippen LogP contribution < -0.4 is 4.90 Å². The van der Waals surface area contributed by atoms with Gasteiger partial charge in [0, 0.05) is 30.9 Å². The second kappa shape index (κ2) is 6.60. The number of anilines is 1. The minimum atomic E-state index is -0.528. The van der Waals surface area contributed by atoms with Crippen molar-refractivity contribution in [2.45, 2.75) is 6.10 Å². The zero-order chi connectivity index (χ0) is 12.8. The Balaban J connectivity index is 2.73. The first-order chi connectivity index (χ1) is 8.08. The molecule has 0 radical (unpaired) electrons. The minimum Gasteiger partial charge on any atom is -0.389 e. The van der Waals surface area contributed by atoms with E-state index in [0.29, 0.717) is 18.7 Å². The Hall–Kier alpha value is -1.09. The highest BCUT2D eigenvalue weighted by Gasteiger charge is 2.10. The van der Waals surface area contributed by atoms with Crippen LogP contribution in [0.4, 0.5) is 5.69 Å². The summed E-state index contributed by atoms with van der Waals surface area (Å²) in [6.07, 6.45) is -0.528. The third-order valence-corrected chi connectivity index (χ3v) is 3.01. The lowest BCUT2D eigenvalue weighted by Crippen LogP contribution is -2.31. The van der Waals surface area contributed by atoms with Crippen molar-refractivity contribution >= 4 is 21.6 Å². The Labute approximate surface area is 110 Å². The standard InChI is InChI=1S/C12H15BrN2O2/c1-15(7-11(16)8-17-2)10-4-3-9(6-14)12(13)5-10/h3-5,11,16H,7-8H2,1-2H3. The Morgan fingerprint density at radius 1 is 1.59 bits per heavy atom. The van der Waals surface area contributed by atoms with Crippen molar-refractivity contribution < 1.29 is 9.84 Å². The van der Waals surface area contributed by atoms with E-state index in [0.717, 1.165) is 10.2 Å². The van der Waals surface area contributed by atoms with Crippen molar-refractivity contribution in [1.29, 1.82) is 5.26 Å². The van der Waals surface area contributed by atoms with Crippen LogP contribution in [0.5, 0.6) is 0 Å². The molecule has 0 aromatic heterocycles. The highest BCUT2D eigenvalue weighted by Crippen LogP contribution is 2.23. The molecule has 1 aromatic rings. The highest BCUT2D eigenvalue weighted by molar-refractivity contribution is 9.10. The van der Waals surface area contributed by atoms with Gasteiger partial charge in [0.15, 0.2) is 0 Å². The predicted molar refractivity (Wildman–Crippen MR) is 70.0 cm³/mol. The number of ether oxygens (including phenoxy) is 1. The van der Waals surface area contributed by atoms with E-state index in [2.05, 4.69) is 22.0 Å². The van der Waals surface area contributed by atoms with Gasteiger partial charge in [-0.25, -0.2) is 0 Å². The number of methoxy groups -OCH3 is 1. The molecule has 0 saturated heterocycles. The average Bonchev–Trinajstić information content (AvgIpc) is 2.29. The number of likely N-dealkylation sites (N-methyl/N-ethyl adjacent to an activating group) is 1. The predicted octanol–water partition coefficient (Wildman–Crippen LogP) is 1.76. The van der Waals surface area contributed by atoms with E-state index in [-0.39, 0.29) is 0 Å². The third-order valence-electron chi connectivity index (χ3n) is 2.36. The van der Waals surface area contributed by atoms with E-state index >= 15 is 0 Å². The number of nitriles is 1. The van der Waals surface area contributed by atoms with Crippen molar-refractivity contribution in [3.63, 3.8) is 0 Å². The molecule has 0 amide bonds. The summed E-state index contributed by atoms with van der Waals surface area (Å²) in [6.45, 7) is 0.786. The number of nitrogens with zero attached hydrogens (tertiary/aromatic N) is 2. The van der Waals surface area contributed by atoms with E-state index in [1.165, 1.54) is 0 Å². The van der Waals surface area contributed by atoms with Gasteiger partial charge in [0.05, 0.1) is 18.3 Å². The van der Waals surface area contributed by atoms with Crippen molar-refractivity contribution in [3.8, 4) is 6.07 Å². The van der Waals surface area contributed by atoms with Crippen LogP contribution in [-0.4, -0.2) is 38.5 Å². The number of hydrogen-bond acceptors (Lipinski definition) is 4. The monoisotopic (exact) mass is 298 g/mol. The number of hydrogen-bond donors (Lipinski definition) is 1. The van der Waals surface area contributed by atoms with Crippen LogP contribution in [0.1, 0.15) is 5.56 Å². The first kappa shape index (κ1) is 14.0. The molecule has 0 fully saturated rings. The van der Waals surface area contributed by atoms with Crippen LogP contribution in [0.15, 0.2) is 22.7 Å². The Morgan fingerprint density at radius 2 is 2.29 bits per heavy atom. The highest BCUT2D eigenvalue weighted by atomic mass is 79.9. The maximum absolute atomic E-state index is 9.62. The van der Waals surface area contributed by atoms with Gasteiger partial charge in [0.25, 0.3) is 0 Å². The molecular weight excluding hydrogens is 284 g/mol. The zero-order valence-corrected chi connectivity index (χ0v) is 11.4. The van der Waals surface area contributed by atoms with Crippen LogP contribution in [-0.2, 0) is 4.74 Å². The fourth-order valence-corrected chi connectivity index (χ4v) is 1.95. The van der Waals surface area contributed by atoms with E-state index in [9.17, 15) is 5.11 Å². The first-order valence-corrected chi connectivity index (χ1v) is 5.95. The molecule has 0 aliphatic rings. The van der Waals surface area contributed by atoms with Gasteiger partial charge >= 0.3 is 0 Å². The van der Waals surface area contributed by atoms with E-state index in [4.69, 9.17) is 10.00 Å². The normalized spacial score (nSPS) is 11.9. The molecule has 17 heavy (non-hydrogen) atoms. The molecule has 0 heterocycles. The topological polar surface area (TPSA) is 56.5 Å². The second-order valence-electron chi connectivity index (χ2n) is 3.77. The first-order valence-electron chi connectivity index (χ1n) is 5.16. The maximum atomic E-state index is 9.62. The largest absolute Gasteiger partial charge is 0.389 e. The van der Waals surface area contributed by atoms with Gasteiger partial charge in [0.1, 0.15) is 6.07 Å². The molecule has 92 valence electrons. The fraction of sp³-hybridized carbons (Fsp3) is 0.417. The van der Waals surface area contributed by atoms with Crippen molar-refractivity contribution in [3.05, 3.63) is 28.2 Å². The van der Waals surface area contributed by atoms with Crippen LogP contribution in [0.2, 0.25) is 0 Å². The summed E-state index contributed by atoms with van der Waals surface area (Å²) in [4.78, 5) is 1.91. The molecule has 4 nitrogen and oxygen atoms in total. The molecule has 1 N–H and O–H groups in total. The molecule has 0 bridgehead atoms. The lowest BCUT2D eigenvalue weighted by Gasteiger charge is -2.22. The van der Waals surface area contributed by atoms with Crippen molar-refractivity contribution in [1.82, 2.24) is 0 Å².